The SMILES string of the molecule is Cc1cccc(CC(=O)N2CCN=C2SCc2ccc(Br)cc2)c1. The molecule has 0 spiro atoms. The van der Waals surface area contributed by atoms with Crippen LogP contribution >= 0.6 is 27.7 Å². The van der Waals surface area contributed by atoms with Crippen molar-refractivity contribution in [2.75, 3.05) is 13.1 Å². The van der Waals surface area contributed by atoms with Gasteiger partial charge in [0, 0.05) is 16.8 Å². The number of aliphatic imine (C=N–C) groups is 1. The number of aryl methyl sites for hydroxylation is 1. The van der Waals surface area contributed by atoms with Crippen molar-refractivity contribution in [2.24, 2.45) is 4.99 Å². The molecule has 0 radical (unpaired) electrons. The summed E-state index contributed by atoms with van der Waals surface area (Å²) < 4.78 is 1.07. The maximum Gasteiger partial charge on any atom is 0.233 e. The van der Waals surface area contributed by atoms with Gasteiger partial charge in [0.1, 0.15) is 0 Å². The zero-order chi connectivity index (χ0) is 16.9. The molecule has 0 fully saturated rings. The van der Waals surface area contributed by atoms with Gasteiger partial charge in [-0.15, -0.1) is 0 Å². The van der Waals surface area contributed by atoms with Crippen molar-refractivity contribution < 1.29 is 4.79 Å². The highest BCUT2D eigenvalue weighted by Gasteiger charge is 2.24. The van der Waals surface area contributed by atoms with E-state index in [2.05, 4.69) is 39.1 Å². The van der Waals surface area contributed by atoms with Crippen LogP contribution in [0.3, 0.4) is 0 Å². The van der Waals surface area contributed by atoms with E-state index in [4.69, 9.17) is 0 Å². The van der Waals surface area contributed by atoms with Crippen LogP contribution in [-0.4, -0.2) is 29.1 Å². The molecule has 0 saturated heterocycles. The first-order chi connectivity index (χ1) is 11.6. The molecule has 0 unspecified atom stereocenters. The number of amidine groups is 1. The van der Waals surface area contributed by atoms with E-state index in [9.17, 15) is 4.79 Å². The largest absolute Gasteiger partial charge is 0.289 e. The molecular weight excluding hydrogens is 384 g/mol. The smallest absolute Gasteiger partial charge is 0.233 e. The predicted octanol–water partition coefficient (Wildman–Crippen LogP) is 4.43. The number of carbonyl (C=O) groups is 1. The Morgan fingerprint density at radius 1 is 1.21 bits per heavy atom. The summed E-state index contributed by atoms with van der Waals surface area (Å²) in [5.74, 6) is 0.945. The average molecular weight is 403 g/mol. The first-order valence-electron chi connectivity index (χ1n) is 7.89. The number of thioether (sulfide) groups is 1. The summed E-state index contributed by atoms with van der Waals surface area (Å²) in [7, 11) is 0. The van der Waals surface area contributed by atoms with E-state index in [1.807, 2.05) is 42.2 Å². The summed E-state index contributed by atoms with van der Waals surface area (Å²) in [6.07, 6.45) is 0.430. The van der Waals surface area contributed by atoms with E-state index in [0.29, 0.717) is 19.5 Å². The number of nitrogens with zero attached hydrogens (tertiary/aromatic N) is 2. The van der Waals surface area contributed by atoms with Crippen LogP contribution in [0.25, 0.3) is 0 Å². The number of rotatable bonds is 4. The Balaban J connectivity index is 1.60. The highest BCUT2D eigenvalue weighted by Crippen LogP contribution is 2.21. The number of benzene rings is 2. The third kappa shape index (κ3) is 4.48. The van der Waals surface area contributed by atoms with Crippen molar-refractivity contribution in [1.29, 1.82) is 0 Å². The van der Waals surface area contributed by atoms with Gasteiger partial charge in [0.15, 0.2) is 5.17 Å². The van der Waals surface area contributed by atoms with Crippen molar-refractivity contribution in [3.63, 3.8) is 0 Å². The lowest BCUT2D eigenvalue weighted by atomic mass is 10.1. The Morgan fingerprint density at radius 2 is 2.00 bits per heavy atom. The number of halogens is 1. The Bertz CT molecular complexity index is 758. The minimum Gasteiger partial charge on any atom is -0.289 e. The van der Waals surface area contributed by atoms with Crippen molar-refractivity contribution in [1.82, 2.24) is 4.90 Å². The van der Waals surface area contributed by atoms with Crippen LogP contribution < -0.4 is 0 Å². The van der Waals surface area contributed by atoms with Gasteiger partial charge in [0.2, 0.25) is 5.91 Å². The summed E-state index contributed by atoms with van der Waals surface area (Å²) in [6.45, 7) is 3.43. The standard InChI is InChI=1S/C19H19BrN2OS/c1-14-3-2-4-16(11-14)12-18(23)22-10-9-21-19(22)24-13-15-5-7-17(20)8-6-15/h2-8,11H,9-10,12-13H2,1H3. The number of hydrogen-bond donors (Lipinski definition) is 0. The summed E-state index contributed by atoms with van der Waals surface area (Å²) in [6, 6.07) is 16.4. The molecule has 0 aromatic heterocycles. The molecule has 3 nitrogen and oxygen atoms in total. The molecule has 0 saturated carbocycles. The lowest BCUT2D eigenvalue weighted by Crippen LogP contribution is -2.34. The van der Waals surface area contributed by atoms with Crippen molar-refractivity contribution >= 4 is 38.8 Å². The highest BCUT2D eigenvalue weighted by atomic mass is 79.9. The van der Waals surface area contributed by atoms with Gasteiger partial charge in [-0.2, -0.15) is 0 Å². The molecule has 124 valence electrons. The molecule has 1 amide bonds. The minimum atomic E-state index is 0.125. The lowest BCUT2D eigenvalue weighted by Gasteiger charge is -2.18. The zero-order valence-corrected chi connectivity index (χ0v) is 15.9. The summed E-state index contributed by atoms with van der Waals surface area (Å²) in [5, 5.41) is 0.843. The predicted molar refractivity (Wildman–Crippen MR) is 104 cm³/mol. The van der Waals surface area contributed by atoms with Crippen LogP contribution in [0.2, 0.25) is 0 Å². The van der Waals surface area contributed by atoms with Gasteiger partial charge in [-0.3, -0.25) is 14.7 Å². The molecule has 1 aliphatic rings. The maximum absolute atomic E-state index is 12.6. The molecule has 1 aliphatic heterocycles. The highest BCUT2D eigenvalue weighted by molar-refractivity contribution is 9.10. The van der Waals surface area contributed by atoms with Crippen LogP contribution in [-0.2, 0) is 17.0 Å². The lowest BCUT2D eigenvalue weighted by molar-refractivity contribution is -0.126. The van der Waals surface area contributed by atoms with Crippen LogP contribution in [0.1, 0.15) is 16.7 Å². The first-order valence-corrected chi connectivity index (χ1v) is 9.67. The van der Waals surface area contributed by atoms with Gasteiger partial charge in [-0.05, 0) is 30.2 Å². The first kappa shape index (κ1) is 17.2. The van der Waals surface area contributed by atoms with Gasteiger partial charge < -0.3 is 0 Å². The fourth-order valence-electron chi connectivity index (χ4n) is 2.60. The zero-order valence-electron chi connectivity index (χ0n) is 13.5. The Morgan fingerprint density at radius 3 is 2.75 bits per heavy atom. The second-order valence-corrected chi connectivity index (χ2v) is 7.65. The van der Waals surface area contributed by atoms with E-state index < -0.39 is 0 Å². The fourth-order valence-corrected chi connectivity index (χ4v) is 3.89. The van der Waals surface area contributed by atoms with E-state index in [0.717, 1.165) is 21.0 Å². The van der Waals surface area contributed by atoms with Gasteiger partial charge in [-0.25, -0.2) is 0 Å². The molecule has 0 bridgehead atoms. The summed E-state index contributed by atoms with van der Waals surface area (Å²) in [4.78, 5) is 18.9. The van der Waals surface area contributed by atoms with Crippen LogP contribution in [0.5, 0.6) is 0 Å². The average Bonchev–Trinajstić information content (AvgIpc) is 3.03. The number of amides is 1. The summed E-state index contributed by atoms with van der Waals surface area (Å²) in [5.41, 5.74) is 3.47. The van der Waals surface area contributed by atoms with Crippen molar-refractivity contribution in [2.45, 2.75) is 19.1 Å². The minimum absolute atomic E-state index is 0.125. The second kappa shape index (κ2) is 7.99. The van der Waals surface area contributed by atoms with Crippen LogP contribution in [0.4, 0.5) is 0 Å². The summed E-state index contributed by atoms with van der Waals surface area (Å²) >= 11 is 5.08. The monoisotopic (exact) mass is 402 g/mol. The Labute approximate surface area is 155 Å². The second-order valence-electron chi connectivity index (χ2n) is 5.79. The van der Waals surface area contributed by atoms with Gasteiger partial charge in [0.25, 0.3) is 0 Å². The normalized spacial score (nSPS) is 13.9. The molecule has 2 aromatic rings. The van der Waals surface area contributed by atoms with E-state index in [-0.39, 0.29) is 5.91 Å². The molecule has 5 heteroatoms. The molecular formula is C19H19BrN2OS. The molecule has 0 N–H and O–H groups in total. The van der Waals surface area contributed by atoms with Gasteiger partial charge >= 0.3 is 0 Å². The van der Waals surface area contributed by atoms with E-state index >= 15 is 0 Å². The van der Waals surface area contributed by atoms with Crippen LogP contribution in [0, 0.1) is 6.92 Å². The van der Waals surface area contributed by atoms with Crippen molar-refractivity contribution in [3.8, 4) is 0 Å². The molecule has 24 heavy (non-hydrogen) atoms. The fraction of sp³-hybridized carbons (Fsp3) is 0.263. The third-order valence-electron chi connectivity index (χ3n) is 3.82. The molecule has 2 aromatic carbocycles. The Kier molecular flexibility index (Phi) is 5.74. The van der Waals surface area contributed by atoms with Gasteiger partial charge in [-0.1, -0.05) is 69.7 Å². The van der Waals surface area contributed by atoms with Crippen LogP contribution in [0.15, 0.2) is 58.0 Å². The molecule has 0 atom stereocenters. The third-order valence-corrected chi connectivity index (χ3v) is 5.44. The Hall–Kier alpha value is -1.59. The number of carbonyl (C=O) groups excluding carboxylic acids is 1. The quantitative estimate of drug-likeness (QED) is 0.757. The maximum atomic E-state index is 12.6. The molecule has 3 rings (SSSR count). The molecule has 0 aliphatic carbocycles. The number of hydrogen-bond acceptors (Lipinski definition) is 3. The van der Waals surface area contributed by atoms with Crippen molar-refractivity contribution in [3.05, 3.63) is 69.7 Å². The van der Waals surface area contributed by atoms with E-state index in [1.165, 1.54) is 11.1 Å². The van der Waals surface area contributed by atoms with E-state index in [1.54, 1.807) is 11.8 Å². The topological polar surface area (TPSA) is 32.7 Å². The molecule has 1 heterocycles. The van der Waals surface area contributed by atoms with Gasteiger partial charge in [0.05, 0.1) is 13.0 Å².